The van der Waals surface area contributed by atoms with Crippen LogP contribution in [-0.4, -0.2) is 17.2 Å². The Labute approximate surface area is 103 Å². The van der Waals surface area contributed by atoms with Crippen LogP contribution in [0.25, 0.3) is 0 Å². The molecule has 0 aromatic carbocycles. The molecule has 0 aliphatic heterocycles. The normalized spacial score (nSPS) is 16.7. The molecule has 0 unspecified atom stereocenters. The number of hydrogen-bond donors (Lipinski definition) is 0. The Balaban J connectivity index is 2.76. The fourth-order valence-electron chi connectivity index (χ4n) is 1.56. The van der Waals surface area contributed by atoms with Gasteiger partial charge < -0.3 is 4.74 Å². The summed E-state index contributed by atoms with van der Waals surface area (Å²) in [5.74, 6) is -0.148. The van der Waals surface area contributed by atoms with Gasteiger partial charge in [-0.1, -0.05) is 13.3 Å². The molecule has 0 aromatic heterocycles. The summed E-state index contributed by atoms with van der Waals surface area (Å²) in [7, 11) is 0. The number of unbranched alkanes of at least 4 members (excludes halogenated alkanes) is 1. The first-order chi connectivity index (χ1) is 7.83. The van der Waals surface area contributed by atoms with Gasteiger partial charge in [-0.25, -0.2) is 0 Å². The van der Waals surface area contributed by atoms with Crippen molar-refractivity contribution < 1.29 is 14.3 Å². The van der Waals surface area contributed by atoms with Crippen LogP contribution in [0.1, 0.15) is 47.0 Å². The van der Waals surface area contributed by atoms with Gasteiger partial charge in [0.05, 0.1) is 0 Å². The number of hydrogen-bond acceptors (Lipinski definition) is 3. The maximum absolute atomic E-state index is 11.8. The molecule has 0 saturated carbocycles. The third-order valence-electron chi connectivity index (χ3n) is 2.34. The van der Waals surface area contributed by atoms with E-state index in [0.717, 1.165) is 12.8 Å². The summed E-state index contributed by atoms with van der Waals surface area (Å²) in [5.41, 5.74) is 0.134. The van der Waals surface area contributed by atoms with Gasteiger partial charge in [-0.05, 0) is 39.7 Å². The molecule has 94 valence electrons. The smallest absolute Gasteiger partial charge is 0.220 e. The van der Waals surface area contributed by atoms with Crippen LogP contribution in [0.15, 0.2) is 23.5 Å². The third-order valence-corrected chi connectivity index (χ3v) is 2.34. The molecule has 0 fully saturated rings. The lowest BCUT2D eigenvalue weighted by Crippen LogP contribution is -2.24. The molecular formula is C14H20O3. The molecule has 0 saturated heterocycles. The molecule has 0 spiro atoms. The summed E-state index contributed by atoms with van der Waals surface area (Å²) in [6, 6.07) is 0. The molecule has 3 heteroatoms. The van der Waals surface area contributed by atoms with Crippen molar-refractivity contribution in [3.63, 3.8) is 0 Å². The van der Waals surface area contributed by atoms with Crippen LogP contribution in [0.3, 0.4) is 0 Å². The van der Waals surface area contributed by atoms with E-state index >= 15 is 0 Å². The first-order valence-electron chi connectivity index (χ1n) is 6.03. The maximum atomic E-state index is 11.8. The molecular weight excluding hydrogens is 216 g/mol. The molecule has 0 atom stereocenters. The van der Waals surface area contributed by atoms with E-state index < -0.39 is 5.60 Å². The largest absolute Gasteiger partial charge is 0.484 e. The van der Waals surface area contributed by atoms with Crippen molar-refractivity contribution in [2.75, 3.05) is 0 Å². The molecule has 1 rings (SSSR count). The summed E-state index contributed by atoms with van der Waals surface area (Å²) in [6.07, 6.45) is 5.33. The van der Waals surface area contributed by atoms with E-state index in [1.807, 2.05) is 20.8 Å². The summed E-state index contributed by atoms with van der Waals surface area (Å²) in [6.45, 7) is 7.60. The number of rotatable bonds is 4. The molecule has 0 radical (unpaired) electrons. The molecule has 1 aliphatic carbocycles. The quantitative estimate of drug-likeness (QED) is 0.705. The maximum Gasteiger partial charge on any atom is 0.220 e. The summed E-state index contributed by atoms with van der Waals surface area (Å²) < 4.78 is 5.46. The minimum absolute atomic E-state index is 0.0997. The monoisotopic (exact) mass is 236 g/mol. The second kappa shape index (κ2) is 5.30. The minimum Gasteiger partial charge on any atom is -0.484 e. The standard InChI is InChI=1S/C14H20O3/c1-5-6-7-10-8-12(16)13(9-11(10)15)17-14(2,3)4/h8-9H,5-7H2,1-4H3. The predicted molar refractivity (Wildman–Crippen MR) is 66.5 cm³/mol. The van der Waals surface area contributed by atoms with Gasteiger partial charge in [0.2, 0.25) is 5.78 Å². The van der Waals surface area contributed by atoms with Crippen LogP contribution in [0.5, 0.6) is 0 Å². The second-order valence-corrected chi connectivity index (χ2v) is 5.22. The van der Waals surface area contributed by atoms with Crippen molar-refractivity contribution in [1.29, 1.82) is 0 Å². The first-order valence-corrected chi connectivity index (χ1v) is 6.03. The van der Waals surface area contributed by atoms with E-state index in [2.05, 4.69) is 6.92 Å². The molecule has 3 nitrogen and oxygen atoms in total. The van der Waals surface area contributed by atoms with Gasteiger partial charge in [-0.3, -0.25) is 9.59 Å². The van der Waals surface area contributed by atoms with Gasteiger partial charge in [0.15, 0.2) is 11.5 Å². The Morgan fingerprint density at radius 2 is 1.76 bits per heavy atom. The van der Waals surface area contributed by atoms with Crippen LogP contribution in [-0.2, 0) is 14.3 Å². The molecule has 0 bridgehead atoms. The van der Waals surface area contributed by atoms with Crippen molar-refractivity contribution in [3.05, 3.63) is 23.5 Å². The van der Waals surface area contributed by atoms with E-state index in [9.17, 15) is 9.59 Å². The minimum atomic E-state index is -0.462. The zero-order valence-corrected chi connectivity index (χ0v) is 11.0. The fourth-order valence-corrected chi connectivity index (χ4v) is 1.56. The zero-order chi connectivity index (χ0) is 13.1. The molecule has 17 heavy (non-hydrogen) atoms. The molecule has 0 aromatic rings. The molecule has 0 N–H and O–H groups in total. The molecule has 1 aliphatic rings. The van der Waals surface area contributed by atoms with Crippen LogP contribution < -0.4 is 0 Å². The highest BCUT2D eigenvalue weighted by Crippen LogP contribution is 2.21. The summed E-state index contributed by atoms with van der Waals surface area (Å²) in [4.78, 5) is 23.5. The van der Waals surface area contributed by atoms with Crippen molar-refractivity contribution in [1.82, 2.24) is 0 Å². The second-order valence-electron chi connectivity index (χ2n) is 5.22. The van der Waals surface area contributed by atoms with Crippen LogP contribution in [0.4, 0.5) is 0 Å². The Bertz CT molecular complexity index is 381. The third kappa shape index (κ3) is 4.17. The van der Waals surface area contributed by atoms with Gasteiger partial charge in [0.25, 0.3) is 0 Å². The van der Waals surface area contributed by atoms with E-state index in [1.165, 1.54) is 12.2 Å². The number of allylic oxidation sites excluding steroid dienone is 3. The van der Waals surface area contributed by atoms with E-state index in [0.29, 0.717) is 12.0 Å². The Morgan fingerprint density at radius 1 is 1.12 bits per heavy atom. The van der Waals surface area contributed by atoms with Gasteiger partial charge in [-0.15, -0.1) is 0 Å². The van der Waals surface area contributed by atoms with Gasteiger partial charge >= 0.3 is 0 Å². The first kappa shape index (κ1) is 13.7. The zero-order valence-electron chi connectivity index (χ0n) is 11.0. The number of carbonyl (C=O) groups is 2. The molecule has 0 amide bonds. The topological polar surface area (TPSA) is 43.4 Å². The lowest BCUT2D eigenvalue weighted by molar-refractivity contribution is -0.119. The van der Waals surface area contributed by atoms with Crippen molar-refractivity contribution in [2.24, 2.45) is 0 Å². The summed E-state index contributed by atoms with van der Waals surface area (Å²) in [5, 5.41) is 0. The molecule has 0 heterocycles. The lowest BCUT2D eigenvalue weighted by Gasteiger charge is -2.23. The average molecular weight is 236 g/mol. The van der Waals surface area contributed by atoms with Gasteiger partial charge in [0, 0.05) is 11.6 Å². The SMILES string of the molecule is CCCCC1=CC(=O)C(OC(C)(C)C)=CC1=O. The highest BCUT2D eigenvalue weighted by atomic mass is 16.5. The van der Waals surface area contributed by atoms with E-state index in [4.69, 9.17) is 4.74 Å². The highest BCUT2D eigenvalue weighted by Gasteiger charge is 2.24. The number of carbonyl (C=O) groups excluding carboxylic acids is 2. The van der Waals surface area contributed by atoms with Crippen LogP contribution in [0, 0.1) is 0 Å². The van der Waals surface area contributed by atoms with E-state index in [1.54, 1.807) is 0 Å². The lowest BCUT2D eigenvalue weighted by atomic mass is 9.97. The number of ketones is 2. The predicted octanol–water partition coefficient (Wildman–Crippen LogP) is 2.95. The Morgan fingerprint density at radius 3 is 2.29 bits per heavy atom. The van der Waals surface area contributed by atoms with Gasteiger partial charge in [-0.2, -0.15) is 0 Å². The average Bonchev–Trinajstić information content (AvgIpc) is 2.19. The van der Waals surface area contributed by atoms with Crippen molar-refractivity contribution in [2.45, 2.75) is 52.6 Å². The van der Waals surface area contributed by atoms with Crippen LogP contribution in [0.2, 0.25) is 0 Å². The number of ether oxygens (including phenoxy) is 1. The van der Waals surface area contributed by atoms with E-state index in [-0.39, 0.29) is 17.3 Å². The van der Waals surface area contributed by atoms with Crippen molar-refractivity contribution in [3.8, 4) is 0 Å². The van der Waals surface area contributed by atoms with Gasteiger partial charge in [0.1, 0.15) is 5.60 Å². The fraction of sp³-hybridized carbons (Fsp3) is 0.571. The van der Waals surface area contributed by atoms with Crippen molar-refractivity contribution >= 4 is 11.6 Å². The summed E-state index contributed by atoms with van der Waals surface area (Å²) >= 11 is 0. The Kier molecular flexibility index (Phi) is 4.27. The Hall–Kier alpha value is -1.38. The van der Waals surface area contributed by atoms with Crippen LogP contribution >= 0.6 is 0 Å². The highest BCUT2D eigenvalue weighted by molar-refractivity contribution is 6.19.